The molecule has 284 valence electrons. The molecule has 0 spiro atoms. The molecule has 0 aromatic carbocycles. The summed E-state index contributed by atoms with van der Waals surface area (Å²) < 4.78 is 5.58. The number of hydrogen-bond donors (Lipinski definition) is 10. The zero-order chi connectivity index (χ0) is 35.4. The van der Waals surface area contributed by atoms with E-state index < -0.39 is 11.8 Å². The molecule has 0 radical (unpaired) electrons. The van der Waals surface area contributed by atoms with Crippen LogP contribution in [0.1, 0.15) is 47.5 Å². The molecule has 0 bridgehead atoms. The number of nitrogens with one attached hydrogen (secondary N) is 4. The zero-order valence-corrected chi connectivity index (χ0v) is 31.1. The third kappa shape index (κ3) is 26.9. The van der Waals surface area contributed by atoms with Crippen molar-refractivity contribution in [1.29, 1.82) is 0 Å². The fraction of sp³-hybridized carbons (Fsp3) is 1.00. The topological polar surface area (TPSA) is 221 Å². The van der Waals surface area contributed by atoms with E-state index >= 15 is 0 Å². The van der Waals surface area contributed by atoms with E-state index in [1.54, 1.807) is 0 Å². The Labute approximate surface area is 288 Å². The van der Waals surface area contributed by atoms with Crippen molar-refractivity contribution in [2.24, 2.45) is 28.7 Å². The van der Waals surface area contributed by atoms with Crippen LogP contribution in [0.3, 0.4) is 0 Å². The van der Waals surface area contributed by atoms with Crippen molar-refractivity contribution in [1.82, 2.24) is 40.9 Å². The van der Waals surface area contributed by atoms with Gasteiger partial charge in [0.2, 0.25) is 0 Å². The van der Waals surface area contributed by atoms with Crippen LogP contribution in [0.2, 0.25) is 0 Å². The Bertz CT molecular complexity index is 682. The van der Waals surface area contributed by atoms with Crippen molar-refractivity contribution >= 4 is 0 Å². The van der Waals surface area contributed by atoms with Crippen LogP contribution in [0.4, 0.5) is 0 Å². The molecule has 0 aliphatic rings. The lowest BCUT2D eigenvalue weighted by Crippen LogP contribution is -2.59. The molecule has 0 aromatic rings. The van der Waals surface area contributed by atoms with Gasteiger partial charge in [-0.05, 0) is 34.1 Å². The van der Waals surface area contributed by atoms with Crippen LogP contribution in [0.25, 0.3) is 0 Å². The van der Waals surface area contributed by atoms with Crippen LogP contribution < -0.4 is 49.9 Å². The maximum absolute atomic E-state index is 10.4. The number of aliphatic hydroxyl groups excluding tert-OH is 1. The fourth-order valence-corrected chi connectivity index (χ4v) is 5.15. The maximum atomic E-state index is 10.4. The first-order valence-electron chi connectivity index (χ1n) is 18.1. The van der Waals surface area contributed by atoms with Gasteiger partial charge >= 0.3 is 0 Å². The van der Waals surface area contributed by atoms with Crippen LogP contribution in [-0.2, 0) is 4.74 Å². The first-order chi connectivity index (χ1) is 22.4. The summed E-state index contributed by atoms with van der Waals surface area (Å²) in [7, 11) is 0. The molecule has 0 saturated carbocycles. The van der Waals surface area contributed by atoms with Gasteiger partial charge in [0.05, 0.1) is 24.0 Å². The SMILES string of the molecule is CCCCOCC(O)CNC(C)(C)N(CCN)CCNCCN(CCN(CCNC(C)(C)N)CCN(CCN)CCN)CNCCN. The summed E-state index contributed by atoms with van der Waals surface area (Å²) in [5, 5.41) is 24.4. The molecule has 0 heterocycles. The molecule has 0 fully saturated rings. The van der Waals surface area contributed by atoms with Crippen molar-refractivity contribution < 1.29 is 9.84 Å². The number of hydrogen-bond acceptors (Lipinski definition) is 15. The molecular weight excluding hydrogens is 598 g/mol. The second-order valence-corrected chi connectivity index (χ2v) is 13.5. The van der Waals surface area contributed by atoms with E-state index in [4.69, 9.17) is 33.4 Å². The zero-order valence-electron chi connectivity index (χ0n) is 31.1. The molecular formula is C32H79N13O2. The van der Waals surface area contributed by atoms with Crippen LogP contribution in [0.5, 0.6) is 0 Å². The Morgan fingerprint density at radius 1 is 0.660 bits per heavy atom. The van der Waals surface area contributed by atoms with Gasteiger partial charge in [-0.2, -0.15) is 0 Å². The lowest BCUT2D eigenvalue weighted by atomic mass is 10.1. The molecule has 15 N–H and O–H groups in total. The molecule has 1 unspecified atom stereocenters. The van der Waals surface area contributed by atoms with Crippen molar-refractivity contribution in [3.63, 3.8) is 0 Å². The summed E-state index contributed by atoms with van der Waals surface area (Å²) in [6.07, 6.45) is 1.56. The van der Waals surface area contributed by atoms with Crippen LogP contribution in [0, 0.1) is 0 Å². The van der Waals surface area contributed by atoms with Crippen LogP contribution in [-0.4, -0.2) is 186 Å². The predicted molar refractivity (Wildman–Crippen MR) is 198 cm³/mol. The predicted octanol–water partition coefficient (Wildman–Crippen LogP) is -3.05. The van der Waals surface area contributed by atoms with Crippen LogP contribution in [0.15, 0.2) is 0 Å². The van der Waals surface area contributed by atoms with E-state index in [1.165, 1.54) is 0 Å². The Morgan fingerprint density at radius 2 is 1.23 bits per heavy atom. The third-order valence-electron chi connectivity index (χ3n) is 8.10. The highest BCUT2D eigenvalue weighted by Gasteiger charge is 2.26. The van der Waals surface area contributed by atoms with Crippen LogP contribution >= 0.6 is 0 Å². The minimum Gasteiger partial charge on any atom is -0.389 e. The van der Waals surface area contributed by atoms with Gasteiger partial charge in [-0.25, -0.2) is 0 Å². The lowest BCUT2D eigenvalue weighted by molar-refractivity contribution is 0.0184. The van der Waals surface area contributed by atoms with Gasteiger partial charge in [0.15, 0.2) is 0 Å². The monoisotopic (exact) mass is 678 g/mol. The standard InChI is InChI=1S/C32H79N13O2/c1-6-7-26-47-28-30(46)27-41-32(4,5)45(18-11-36)21-14-38-13-19-44(29-39-12-8-33)25-24-43(20-15-40-31(2,3)37)23-22-42(16-9-34)17-10-35/h30,38-41,46H,6-29,33-37H2,1-5H3. The summed E-state index contributed by atoms with van der Waals surface area (Å²) in [5.41, 5.74) is 28.9. The number of nitrogens with two attached hydrogens (primary N) is 5. The van der Waals surface area contributed by atoms with E-state index in [0.29, 0.717) is 45.9 Å². The molecule has 0 saturated heterocycles. The van der Waals surface area contributed by atoms with E-state index in [-0.39, 0.29) is 5.66 Å². The highest BCUT2D eigenvalue weighted by Crippen LogP contribution is 2.10. The first kappa shape index (κ1) is 46.4. The van der Waals surface area contributed by atoms with Gasteiger partial charge in [0.1, 0.15) is 0 Å². The molecule has 0 amide bonds. The Balaban J connectivity index is 4.98. The lowest BCUT2D eigenvalue weighted by Gasteiger charge is -2.40. The molecule has 47 heavy (non-hydrogen) atoms. The minimum atomic E-state index is -0.543. The first-order valence-corrected chi connectivity index (χ1v) is 18.1. The van der Waals surface area contributed by atoms with Crippen molar-refractivity contribution in [3.8, 4) is 0 Å². The molecule has 0 aliphatic carbocycles. The highest BCUT2D eigenvalue weighted by atomic mass is 16.5. The molecule has 15 nitrogen and oxygen atoms in total. The van der Waals surface area contributed by atoms with E-state index in [0.717, 1.165) is 111 Å². The summed E-state index contributed by atoms with van der Waals surface area (Å²) >= 11 is 0. The van der Waals surface area contributed by atoms with E-state index in [1.807, 2.05) is 13.8 Å². The van der Waals surface area contributed by atoms with Gasteiger partial charge in [-0.1, -0.05) is 13.3 Å². The average molecular weight is 678 g/mol. The molecule has 0 aliphatic heterocycles. The quantitative estimate of drug-likeness (QED) is 0.0238. The molecule has 0 rings (SSSR count). The summed E-state index contributed by atoms with van der Waals surface area (Å²) in [4.78, 5) is 9.61. The normalized spacial score (nSPS) is 13.6. The molecule has 15 heteroatoms. The van der Waals surface area contributed by atoms with E-state index in [2.05, 4.69) is 61.6 Å². The average Bonchev–Trinajstić information content (AvgIpc) is 3.01. The van der Waals surface area contributed by atoms with Gasteiger partial charge in [0.25, 0.3) is 0 Å². The second-order valence-electron chi connectivity index (χ2n) is 13.5. The van der Waals surface area contributed by atoms with Crippen molar-refractivity contribution in [2.45, 2.75) is 64.9 Å². The highest BCUT2D eigenvalue weighted by molar-refractivity contribution is 4.81. The molecule has 0 aromatic heterocycles. The number of unbranched alkanes of at least 4 members (excludes halogenated alkanes) is 1. The number of nitrogens with zero attached hydrogens (tertiary/aromatic N) is 4. The fourth-order valence-electron chi connectivity index (χ4n) is 5.15. The third-order valence-corrected chi connectivity index (χ3v) is 8.10. The Morgan fingerprint density at radius 3 is 1.81 bits per heavy atom. The Kier molecular flexibility index (Phi) is 28.8. The smallest absolute Gasteiger partial charge is 0.0898 e. The Hall–Kier alpha value is -0.600. The van der Waals surface area contributed by atoms with Gasteiger partial charge in [-0.15, -0.1) is 0 Å². The minimum absolute atomic E-state index is 0.315. The van der Waals surface area contributed by atoms with Crippen molar-refractivity contribution in [3.05, 3.63) is 0 Å². The largest absolute Gasteiger partial charge is 0.389 e. The number of rotatable bonds is 35. The van der Waals surface area contributed by atoms with E-state index in [9.17, 15) is 5.11 Å². The number of ether oxygens (including phenoxy) is 1. The number of aliphatic hydroxyl groups is 1. The molecule has 1 atom stereocenters. The van der Waals surface area contributed by atoms with Gasteiger partial charge < -0.3 is 49.1 Å². The summed E-state index contributed by atoms with van der Waals surface area (Å²) in [6, 6.07) is 0. The second kappa shape index (κ2) is 29.2. The maximum Gasteiger partial charge on any atom is 0.0898 e. The van der Waals surface area contributed by atoms with Crippen molar-refractivity contribution in [2.75, 3.05) is 144 Å². The summed E-state index contributed by atoms with van der Waals surface area (Å²) in [6.45, 7) is 27.3. The van der Waals surface area contributed by atoms with Gasteiger partial charge in [-0.3, -0.25) is 30.2 Å². The summed E-state index contributed by atoms with van der Waals surface area (Å²) in [5.74, 6) is 0. The van der Waals surface area contributed by atoms with Gasteiger partial charge in [0, 0.05) is 138 Å².